The second-order valence-electron chi connectivity index (χ2n) is 10.4. The van der Waals surface area contributed by atoms with Crippen LogP contribution in [0.15, 0.2) is 36.5 Å². The summed E-state index contributed by atoms with van der Waals surface area (Å²) >= 11 is 0. The summed E-state index contributed by atoms with van der Waals surface area (Å²) in [5.41, 5.74) is 6.05. The molecule has 35 heavy (non-hydrogen) atoms. The van der Waals surface area contributed by atoms with E-state index in [-0.39, 0.29) is 30.5 Å². The molecule has 2 bridgehead atoms. The summed E-state index contributed by atoms with van der Waals surface area (Å²) in [6.45, 7) is 2.82. The van der Waals surface area contributed by atoms with Crippen LogP contribution >= 0.6 is 12.4 Å². The number of carbonyl (C=O) groups excluding carboxylic acids is 1. The van der Waals surface area contributed by atoms with Gasteiger partial charge >= 0.3 is 0 Å². The van der Waals surface area contributed by atoms with Crippen molar-refractivity contribution >= 4 is 35.2 Å². The third kappa shape index (κ3) is 4.71. The summed E-state index contributed by atoms with van der Waals surface area (Å²) < 4.78 is 5.43. The van der Waals surface area contributed by atoms with Crippen molar-refractivity contribution in [1.82, 2.24) is 20.3 Å². The van der Waals surface area contributed by atoms with Gasteiger partial charge in [0.25, 0.3) is 5.91 Å². The molecule has 4 heterocycles. The molecule has 0 radical (unpaired) electrons. The van der Waals surface area contributed by atoms with Gasteiger partial charge in [0.05, 0.1) is 16.7 Å². The van der Waals surface area contributed by atoms with E-state index < -0.39 is 0 Å². The lowest BCUT2D eigenvalue weighted by molar-refractivity contribution is -0.118. The molecule has 8 heteroatoms. The van der Waals surface area contributed by atoms with E-state index in [1.165, 1.54) is 50.5 Å². The molecule has 0 aromatic carbocycles. The SMILES string of the molecule is Cc1ccc2nccc(CCC34CCC(NCc5ccc6c(n5)NC(=O)CO6)(CC3)CC4)c2n1.Cl. The molecule has 0 atom stereocenters. The van der Waals surface area contributed by atoms with Gasteiger partial charge < -0.3 is 15.4 Å². The van der Waals surface area contributed by atoms with Gasteiger partial charge in [-0.15, -0.1) is 12.4 Å². The minimum absolute atomic E-state index is 0. The van der Waals surface area contributed by atoms with Crippen molar-refractivity contribution in [2.45, 2.75) is 70.4 Å². The predicted molar refractivity (Wildman–Crippen MR) is 138 cm³/mol. The maximum atomic E-state index is 11.6. The van der Waals surface area contributed by atoms with Crippen LogP contribution in [0.2, 0.25) is 0 Å². The molecule has 3 aliphatic carbocycles. The minimum atomic E-state index is -0.148. The van der Waals surface area contributed by atoms with Crippen LogP contribution in [0.5, 0.6) is 5.75 Å². The van der Waals surface area contributed by atoms with Crippen molar-refractivity contribution < 1.29 is 9.53 Å². The number of rotatable bonds is 6. The molecule has 3 saturated carbocycles. The molecule has 0 unspecified atom stereocenters. The number of fused-ring (bicyclic) bond motifs is 5. The van der Waals surface area contributed by atoms with E-state index in [0.717, 1.165) is 28.8 Å². The monoisotopic (exact) mass is 493 g/mol. The number of nitrogens with zero attached hydrogens (tertiary/aromatic N) is 3. The average molecular weight is 494 g/mol. The number of aryl methyl sites for hydroxylation is 2. The lowest BCUT2D eigenvalue weighted by Gasteiger charge is -2.54. The molecule has 2 N–H and O–H groups in total. The molecule has 3 fully saturated rings. The minimum Gasteiger partial charge on any atom is -0.480 e. The topological polar surface area (TPSA) is 89.0 Å². The third-order valence-corrected chi connectivity index (χ3v) is 8.31. The van der Waals surface area contributed by atoms with Crippen LogP contribution < -0.4 is 15.4 Å². The number of halogens is 1. The van der Waals surface area contributed by atoms with Crippen LogP contribution in [0, 0.1) is 12.3 Å². The standard InChI is InChI=1S/C27H31N5O2.ClH/c1-18-2-4-21-24(30-18)19(7-15-28-21)6-8-26-9-12-27(13-10-26,14-11-26)29-16-20-3-5-22-25(31-20)32-23(33)17-34-22;/h2-5,7,15,29H,6,8-14,16-17H2,1H3,(H,31,32,33);1H. The predicted octanol–water partition coefficient (Wildman–Crippen LogP) is 4.90. The highest BCUT2D eigenvalue weighted by Crippen LogP contribution is 2.54. The highest BCUT2D eigenvalue weighted by atomic mass is 35.5. The number of carbonyl (C=O) groups is 1. The molecule has 4 aliphatic rings. The summed E-state index contributed by atoms with van der Waals surface area (Å²) in [6, 6.07) is 10.2. The third-order valence-electron chi connectivity index (χ3n) is 8.31. The van der Waals surface area contributed by atoms with Crippen molar-refractivity contribution in [3.8, 4) is 5.75 Å². The quantitative estimate of drug-likeness (QED) is 0.507. The van der Waals surface area contributed by atoms with Crippen LogP contribution in [-0.4, -0.2) is 33.0 Å². The Morgan fingerprint density at radius 2 is 1.83 bits per heavy atom. The molecule has 0 saturated heterocycles. The van der Waals surface area contributed by atoms with Gasteiger partial charge in [-0.05, 0) is 99.6 Å². The van der Waals surface area contributed by atoms with Gasteiger partial charge in [-0.25, -0.2) is 4.98 Å². The van der Waals surface area contributed by atoms with Gasteiger partial charge in [-0.2, -0.15) is 0 Å². The van der Waals surface area contributed by atoms with E-state index in [1.807, 2.05) is 31.3 Å². The normalized spacial score (nSPS) is 24.9. The van der Waals surface area contributed by atoms with Gasteiger partial charge in [0.2, 0.25) is 0 Å². The number of pyridine rings is 3. The van der Waals surface area contributed by atoms with Gasteiger partial charge in [0.1, 0.15) is 0 Å². The maximum Gasteiger partial charge on any atom is 0.263 e. The van der Waals surface area contributed by atoms with Crippen molar-refractivity contribution in [3.63, 3.8) is 0 Å². The van der Waals surface area contributed by atoms with Gasteiger partial charge in [-0.1, -0.05) is 0 Å². The molecule has 184 valence electrons. The first-order valence-electron chi connectivity index (χ1n) is 12.4. The molecule has 3 aromatic rings. The molecular weight excluding hydrogens is 462 g/mol. The van der Waals surface area contributed by atoms with Crippen LogP contribution in [0.3, 0.4) is 0 Å². The van der Waals surface area contributed by atoms with Gasteiger partial charge in [0, 0.05) is 24.0 Å². The van der Waals surface area contributed by atoms with E-state index in [9.17, 15) is 4.79 Å². The van der Waals surface area contributed by atoms with E-state index in [4.69, 9.17) is 9.72 Å². The first-order valence-corrected chi connectivity index (χ1v) is 12.4. The molecule has 0 spiro atoms. The largest absolute Gasteiger partial charge is 0.480 e. The maximum absolute atomic E-state index is 11.6. The fourth-order valence-electron chi connectivity index (χ4n) is 6.06. The van der Waals surface area contributed by atoms with E-state index in [1.54, 1.807) is 0 Å². The van der Waals surface area contributed by atoms with Crippen molar-refractivity contribution in [2.24, 2.45) is 5.41 Å². The van der Waals surface area contributed by atoms with E-state index in [0.29, 0.717) is 23.5 Å². The Morgan fingerprint density at radius 3 is 2.63 bits per heavy atom. The molecule has 7 nitrogen and oxygen atoms in total. The fraction of sp³-hybridized carbons (Fsp3) is 0.481. The number of ether oxygens (including phenoxy) is 1. The Hall–Kier alpha value is -2.77. The first-order chi connectivity index (χ1) is 16.5. The molecule has 1 amide bonds. The molecule has 7 rings (SSSR count). The summed E-state index contributed by atoms with van der Waals surface area (Å²) in [7, 11) is 0. The highest BCUT2D eigenvalue weighted by molar-refractivity contribution is 5.94. The van der Waals surface area contributed by atoms with Crippen molar-refractivity contribution in [1.29, 1.82) is 0 Å². The Kier molecular flexibility index (Phi) is 6.40. The zero-order chi connectivity index (χ0) is 23.2. The summed E-state index contributed by atoms with van der Waals surface area (Å²) in [5, 5.41) is 6.65. The Morgan fingerprint density at radius 1 is 1.03 bits per heavy atom. The number of aromatic nitrogens is 3. The van der Waals surface area contributed by atoms with E-state index >= 15 is 0 Å². The zero-order valence-corrected chi connectivity index (χ0v) is 20.9. The number of nitrogens with one attached hydrogen (secondary N) is 2. The number of anilines is 1. The van der Waals surface area contributed by atoms with Crippen LogP contribution in [0.4, 0.5) is 5.82 Å². The molecule has 3 aromatic heterocycles. The van der Waals surface area contributed by atoms with Crippen molar-refractivity contribution in [3.05, 3.63) is 53.5 Å². The number of amides is 1. The Labute approximate surface area is 211 Å². The fourth-order valence-corrected chi connectivity index (χ4v) is 6.06. The smallest absolute Gasteiger partial charge is 0.263 e. The van der Waals surface area contributed by atoms with E-state index in [2.05, 4.69) is 32.7 Å². The summed E-state index contributed by atoms with van der Waals surface area (Å²) in [5.74, 6) is 1.03. The number of hydrogen-bond acceptors (Lipinski definition) is 6. The second-order valence-corrected chi connectivity index (χ2v) is 10.4. The second kappa shape index (κ2) is 9.36. The first kappa shape index (κ1) is 23.9. The van der Waals surface area contributed by atoms with Crippen LogP contribution in [-0.2, 0) is 17.8 Å². The number of hydrogen-bond donors (Lipinski definition) is 2. The molecular formula is C27H32ClN5O2. The Balaban J connectivity index is 0.00000253. The summed E-state index contributed by atoms with van der Waals surface area (Å²) in [6.07, 6.45) is 11.7. The van der Waals surface area contributed by atoms with Crippen LogP contribution in [0.25, 0.3) is 11.0 Å². The average Bonchev–Trinajstić information content (AvgIpc) is 2.87. The van der Waals surface area contributed by atoms with Gasteiger partial charge in [-0.3, -0.25) is 14.8 Å². The van der Waals surface area contributed by atoms with Gasteiger partial charge in [0.15, 0.2) is 18.2 Å². The summed E-state index contributed by atoms with van der Waals surface area (Å²) in [4.78, 5) is 25.5. The Bertz CT molecular complexity index is 1240. The van der Waals surface area contributed by atoms with Crippen molar-refractivity contribution in [2.75, 3.05) is 11.9 Å². The zero-order valence-electron chi connectivity index (χ0n) is 20.1. The lowest BCUT2D eigenvalue weighted by Crippen LogP contribution is -2.54. The van der Waals surface area contributed by atoms with Crippen LogP contribution in [0.1, 0.15) is 61.9 Å². The highest BCUT2D eigenvalue weighted by Gasteiger charge is 2.47. The lowest BCUT2D eigenvalue weighted by atomic mass is 9.55. The molecule has 1 aliphatic heterocycles.